The molecule has 2 atom stereocenters. The summed E-state index contributed by atoms with van der Waals surface area (Å²) in [7, 11) is 1.88. The lowest BCUT2D eigenvalue weighted by molar-refractivity contribution is -0.908. The fourth-order valence-electron chi connectivity index (χ4n) is 2.99. The van der Waals surface area contributed by atoms with E-state index in [1.54, 1.807) is 19.1 Å². The first-order valence-corrected chi connectivity index (χ1v) is 8.64. The van der Waals surface area contributed by atoms with E-state index in [9.17, 15) is 14.0 Å². The molecule has 0 bridgehead atoms. The molecule has 1 aromatic rings. The maximum absolute atomic E-state index is 12.9. The Hall–Kier alpha value is -1.95. The molecule has 1 aliphatic rings. The highest BCUT2D eigenvalue weighted by Crippen LogP contribution is 2.17. The van der Waals surface area contributed by atoms with Crippen LogP contribution in [0, 0.1) is 5.82 Å². The fraction of sp³-hybridized carbons (Fsp3) is 0.556. The molecule has 1 aliphatic carbocycles. The van der Waals surface area contributed by atoms with Crippen LogP contribution in [0.4, 0.5) is 9.18 Å². The van der Waals surface area contributed by atoms with Crippen LogP contribution >= 0.6 is 0 Å². The maximum Gasteiger partial charge on any atom is 0.321 e. The van der Waals surface area contributed by atoms with E-state index in [0.717, 1.165) is 36.1 Å². The molecule has 6 heteroatoms. The minimum atomic E-state index is -0.409. The van der Waals surface area contributed by atoms with E-state index in [-0.39, 0.29) is 23.8 Å². The largest absolute Gasteiger partial charge is 0.335 e. The van der Waals surface area contributed by atoms with Crippen LogP contribution in [0.25, 0.3) is 0 Å². The Morgan fingerprint density at radius 2 is 1.83 bits per heavy atom. The summed E-state index contributed by atoms with van der Waals surface area (Å²) >= 11 is 0. The van der Waals surface area contributed by atoms with Crippen LogP contribution in [0.5, 0.6) is 0 Å². The summed E-state index contributed by atoms with van der Waals surface area (Å²) in [5.41, 5.74) is 0.945. The SMILES string of the molecule is C[C@@H](C(=O)NC(=O)NC1CCCCC1)[NH+](C)Cc1ccc(F)cc1. The molecule has 1 aromatic carbocycles. The summed E-state index contributed by atoms with van der Waals surface area (Å²) in [6.07, 6.45) is 5.42. The third-order valence-electron chi connectivity index (χ3n) is 4.71. The molecule has 0 spiro atoms. The normalized spacial score (nSPS) is 17.8. The third kappa shape index (κ3) is 5.60. The van der Waals surface area contributed by atoms with Crippen LogP contribution in [0.1, 0.15) is 44.6 Å². The second-order valence-electron chi connectivity index (χ2n) is 6.67. The number of halogens is 1. The number of imide groups is 1. The van der Waals surface area contributed by atoms with Crippen molar-refractivity contribution in [2.45, 2.75) is 57.7 Å². The van der Waals surface area contributed by atoms with Crippen LogP contribution in [0.15, 0.2) is 24.3 Å². The molecule has 1 saturated carbocycles. The van der Waals surface area contributed by atoms with Gasteiger partial charge in [0.25, 0.3) is 5.91 Å². The molecule has 0 aliphatic heterocycles. The quantitative estimate of drug-likeness (QED) is 0.761. The molecule has 0 heterocycles. The van der Waals surface area contributed by atoms with Gasteiger partial charge >= 0.3 is 6.03 Å². The Morgan fingerprint density at radius 3 is 2.46 bits per heavy atom. The van der Waals surface area contributed by atoms with E-state index in [2.05, 4.69) is 10.6 Å². The lowest BCUT2D eigenvalue weighted by Crippen LogP contribution is -3.12. The van der Waals surface area contributed by atoms with Crippen LogP contribution in [0.2, 0.25) is 0 Å². The number of hydrogen-bond donors (Lipinski definition) is 3. The summed E-state index contributed by atoms with van der Waals surface area (Å²) in [5.74, 6) is -0.579. The van der Waals surface area contributed by atoms with Crippen LogP contribution in [-0.2, 0) is 11.3 Å². The van der Waals surface area contributed by atoms with E-state index < -0.39 is 6.03 Å². The predicted octanol–water partition coefficient (Wildman–Crippen LogP) is 1.39. The highest BCUT2D eigenvalue weighted by molar-refractivity contribution is 5.96. The average molecular weight is 336 g/mol. The van der Waals surface area contributed by atoms with E-state index in [1.807, 2.05) is 7.05 Å². The minimum Gasteiger partial charge on any atom is -0.335 e. The number of rotatable bonds is 5. The van der Waals surface area contributed by atoms with Gasteiger partial charge in [-0.15, -0.1) is 0 Å². The summed E-state index contributed by atoms with van der Waals surface area (Å²) in [5, 5.41) is 5.31. The number of nitrogens with one attached hydrogen (secondary N) is 3. The highest BCUT2D eigenvalue weighted by Gasteiger charge is 2.25. The third-order valence-corrected chi connectivity index (χ3v) is 4.71. The van der Waals surface area contributed by atoms with Crippen LogP contribution in [-0.4, -0.2) is 31.1 Å². The number of benzene rings is 1. The maximum atomic E-state index is 12.9. The van der Waals surface area contributed by atoms with Gasteiger partial charge in [0.05, 0.1) is 7.05 Å². The molecule has 1 unspecified atom stereocenters. The monoisotopic (exact) mass is 336 g/mol. The van der Waals surface area contributed by atoms with Gasteiger partial charge in [-0.25, -0.2) is 9.18 Å². The van der Waals surface area contributed by atoms with E-state index >= 15 is 0 Å². The zero-order valence-corrected chi connectivity index (χ0v) is 14.4. The molecule has 3 amide bonds. The topological polar surface area (TPSA) is 62.6 Å². The van der Waals surface area contributed by atoms with Gasteiger partial charge in [-0.3, -0.25) is 10.1 Å². The van der Waals surface area contributed by atoms with Gasteiger partial charge in [-0.2, -0.15) is 0 Å². The van der Waals surface area contributed by atoms with Gasteiger partial charge in [-0.1, -0.05) is 31.4 Å². The van der Waals surface area contributed by atoms with E-state index in [1.165, 1.54) is 18.6 Å². The molecule has 1 fully saturated rings. The van der Waals surface area contributed by atoms with Gasteiger partial charge < -0.3 is 10.2 Å². The number of amides is 3. The van der Waals surface area contributed by atoms with Crippen molar-refractivity contribution in [3.8, 4) is 0 Å². The first kappa shape index (κ1) is 18.4. The molecule has 0 saturated heterocycles. The smallest absolute Gasteiger partial charge is 0.321 e. The lowest BCUT2D eigenvalue weighted by atomic mass is 9.96. The van der Waals surface area contributed by atoms with Crippen molar-refractivity contribution in [2.75, 3.05) is 7.05 Å². The van der Waals surface area contributed by atoms with Gasteiger partial charge in [0.2, 0.25) is 0 Å². The zero-order chi connectivity index (χ0) is 17.5. The molecular weight excluding hydrogens is 309 g/mol. The molecule has 132 valence electrons. The minimum absolute atomic E-state index is 0.172. The summed E-state index contributed by atoms with van der Waals surface area (Å²) in [6, 6.07) is 5.61. The van der Waals surface area contributed by atoms with Crippen molar-refractivity contribution >= 4 is 11.9 Å². The molecule has 24 heavy (non-hydrogen) atoms. The number of urea groups is 1. The summed E-state index contributed by atoms with van der Waals surface area (Å²) < 4.78 is 12.9. The first-order valence-electron chi connectivity index (χ1n) is 8.64. The number of carbonyl (C=O) groups excluding carboxylic acids is 2. The highest BCUT2D eigenvalue weighted by atomic mass is 19.1. The Labute approximate surface area is 142 Å². The second kappa shape index (κ2) is 8.78. The predicted molar refractivity (Wildman–Crippen MR) is 90.0 cm³/mol. The molecular formula is C18H27FN3O2+. The van der Waals surface area contributed by atoms with Crippen LogP contribution < -0.4 is 15.5 Å². The van der Waals surface area contributed by atoms with Gasteiger partial charge in [0.1, 0.15) is 12.4 Å². The molecule has 0 aromatic heterocycles. The van der Waals surface area contributed by atoms with Crippen molar-refractivity contribution in [1.29, 1.82) is 0 Å². The first-order chi connectivity index (χ1) is 11.5. The number of carbonyl (C=O) groups is 2. The Morgan fingerprint density at radius 1 is 1.21 bits per heavy atom. The van der Waals surface area contributed by atoms with Crippen molar-refractivity contribution in [1.82, 2.24) is 10.6 Å². The lowest BCUT2D eigenvalue weighted by Gasteiger charge is -2.24. The van der Waals surface area contributed by atoms with Crippen LogP contribution in [0.3, 0.4) is 0 Å². The molecule has 3 N–H and O–H groups in total. The Kier molecular flexibility index (Phi) is 6.73. The summed E-state index contributed by atoms with van der Waals surface area (Å²) in [4.78, 5) is 25.1. The van der Waals surface area contributed by atoms with Crippen molar-refractivity contribution in [3.05, 3.63) is 35.6 Å². The number of hydrogen-bond acceptors (Lipinski definition) is 2. The average Bonchev–Trinajstić information content (AvgIpc) is 2.57. The summed E-state index contributed by atoms with van der Waals surface area (Å²) in [6.45, 7) is 2.36. The van der Waals surface area contributed by atoms with Gasteiger partial charge in [0.15, 0.2) is 6.04 Å². The number of likely N-dealkylation sites (N-methyl/N-ethyl adjacent to an activating group) is 1. The molecule has 0 radical (unpaired) electrons. The number of quaternary nitrogens is 1. The zero-order valence-electron chi connectivity index (χ0n) is 14.4. The molecule has 2 rings (SSSR count). The second-order valence-corrected chi connectivity index (χ2v) is 6.67. The van der Waals surface area contributed by atoms with Crippen molar-refractivity contribution in [3.63, 3.8) is 0 Å². The van der Waals surface area contributed by atoms with E-state index in [4.69, 9.17) is 0 Å². The molecule has 5 nitrogen and oxygen atoms in total. The fourth-order valence-corrected chi connectivity index (χ4v) is 2.99. The Bertz CT molecular complexity index is 556. The van der Waals surface area contributed by atoms with Gasteiger partial charge in [0, 0.05) is 11.6 Å². The standard InChI is InChI=1S/C18H26FN3O2/c1-13(22(2)12-14-8-10-15(19)11-9-14)17(23)21-18(24)20-16-6-4-3-5-7-16/h8-11,13,16H,3-7,12H2,1-2H3,(H2,20,21,23,24)/p+1/t13-/m0/s1. The van der Waals surface area contributed by atoms with Gasteiger partial charge in [-0.05, 0) is 31.9 Å². The Balaban J connectivity index is 1.79. The van der Waals surface area contributed by atoms with E-state index in [0.29, 0.717) is 6.54 Å². The van der Waals surface area contributed by atoms with Crippen molar-refractivity contribution < 1.29 is 18.9 Å². The van der Waals surface area contributed by atoms with Crippen molar-refractivity contribution in [2.24, 2.45) is 0 Å².